The molecule has 0 bridgehead atoms. The molecule has 0 spiro atoms. The van der Waals surface area contributed by atoms with E-state index in [1.165, 1.54) is 23.7 Å². The van der Waals surface area contributed by atoms with Crippen LogP contribution in [0.15, 0.2) is 20.3 Å². The first-order valence-electron chi connectivity index (χ1n) is 1.82. The maximum atomic E-state index is 3.89. The summed E-state index contributed by atoms with van der Waals surface area (Å²) in [5.74, 6) is 0. The van der Waals surface area contributed by atoms with E-state index in [0.29, 0.717) is 0 Å². The second-order valence-electron chi connectivity index (χ2n) is 0.872. The van der Waals surface area contributed by atoms with Gasteiger partial charge >= 0.3 is 0 Å². The molecule has 0 aliphatic carbocycles. The lowest BCUT2D eigenvalue weighted by Crippen LogP contribution is -1.65. The summed E-state index contributed by atoms with van der Waals surface area (Å²) in [6.45, 7) is 0. The molecule has 1 aliphatic rings. The molecular formula is C3H3N2S3+. The number of thiol groups is 1. The summed E-state index contributed by atoms with van der Waals surface area (Å²) in [7, 11) is 0. The Morgan fingerprint density at radius 2 is 2.88 bits per heavy atom. The molecule has 0 unspecified atom stereocenters. The van der Waals surface area contributed by atoms with Crippen LogP contribution in [0.25, 0.3) is 4.13 Å². The van der Waals surface area contributed by atoms with Gasteiger partial charge in [-0.2, -0.15) is 0 Å². The molecule has 0 radical (unpaired) electrons. The Bertz CT molecular complexity index is 147. The van der Waals surface area contributed by atoms with Crippen molar-refractivity contribution in [2.24, 2.45) is 3.77 Å². The lowest BCUT2D eigenvalue weighted by molar-refractivity contribution is 2.08. The van der Waals surface area contributed by atoms with Crippen LogP contribution in [-0.4, -0.2) is 0 Å². The number of rotatable bonds is 0. The Morgan fingerprint density at radius 3 is 3.88 bits per heavy atom. The molecular weight excluding hydrogens is 160 g/mol. The van der Waals surface area contributed by atoms with Gasteiger partial charge < -0.3 is 0 Å². The molecule has 0 atom stereocenters. The summed E-state index contributed by atoms with van der Waals surface area (Å²) in [4.78, 5) is 0. The zero-order chi connectivity index (χ0) is 5.66. The van der Waals surface area contributed by atoms with Gasteiger partial charge in [-0.25, -0.2) is 0 Å². The van der Waals surface area contributed by atoms with Crippen LogP contribution in [0.3, 0.4) is 0 Å². The highest BCUT2D eigenvalue weighted by Gasteiger charge is 1.87. The van der Waals surface area contributed by atoms with Gasteiger partial charge in [0.05, 0.1) is 11.9 Å². The van der Waals surface area contributed by atoms with Gasteiger partial charge in [0.25, 0.3) is 11.7 Å². The van der Waals surface area contributed by atoms with Crippen molar-refractivity contribution in [2.45, 2.75) is 0 Å². The summed E-state index contributed by atoms with van der Waals surface area (Å²) >= 11 is 3.50. The van der Waals surface area contributed by atoms with E-state index in [-0.39, 0.29) is 0 Å². The lowest BCUT2D eigenvalue weighted by Gasteiger charge is -1.77. The second kappa shape index (κ2) is 4.12. The van der Waals surface area contributed by atoms with Gasteiger partial charge in [-0.3, -0.25) is 0 Å². The third kappa shape index (κ3) is 2.49. The summed E-state index contributed by atoms with van der Waals surface area (Å²) in [5.41, 5.74) is 2.89. The molecule has 42 valence electrons. The molecule has 1 aliphatic heterocycles. The van der Waals surface area contributed by atoms with E-state index in [0.717, 1.165) is 11.9 Å². The summed E-state index contributed by atoms with van der Waals surface area (Å²) in [5, 5.41) is 3.64. The van der Waals surface area contributed by atoms with Gasteiger partial charge in [-0.1, -0.05) is 9.86 Å². The van der Waals surface area contributed by atoms with Crippen molar-refractivity contribution in [3.8, 4) is 0 Å². The van der Waals surface area contributed by atoms with Crippen LogP contribution in [0.1, 0.15) is 0 Å². The van der Waals surface area contributed by atoms with Crippen LogP contribution in [0.4, 0.5) is 0 Å². The predicted octanol–water partition coefficient (Wildman–Crippen LogP) is 1.56. The van der Waals surface area contributed by atoms with Crippen molar-refractivity contribution >= 4 is 35.6 Å². The summed E-state index contributed by atoms with van der Waals surface area (Å²) in [6, 6.07) is 0. The van der Waals surface area contributed by atoms with Crippen LogP contribution in [0.5, 0.6) is 0 Å². The van der Waals surface area contributed by atoms with Crippen LogP contribution >= 0.6 is 11.9 Å². The number of nitrogens with zero attached hydrogens (tertiary/aromatic N) is 2. The minimum absolute atomic E-state index is 0.923. The summed E-state index contributed by atoms with van der Waals surface area (Å²) in [6.07, 6.45) is 0. The monoisotopic (exact) mass is 163 g/mol. The molecule has 0 aromatic carbocycles. The largest absolute Gasteiger partial charge is 0.296 e. The Morgan fingerprint density at radius 1 is 1.88 bits per heavy atom. The average Bonchev–Trinajstić information content (AvgIpc) is 1.62. The zero-order valence-corrected chi connectivity index (χ0v) is 6.34. The molecule has 1 heterocycles. The minimum atomic E-state index is 0.923. The van der Waals surface area contributed by atoms with E-state index in [2.05, 4.69) is 13.6 Å². The van der Waals surface area contributed by atoms with E-state index in [9.17, 15) is 0 Å². The normalized spacial score (nSPS) is 18.0. The van der Waals surface area contributed by atoms with Gasteiger partial charge in [0, 0.05) is 9.18 Å². The fourth-order valence-corrected chi connectivity index (χ4v) is 1.64. The summed E-state index contributed by atoms with van der Waals surface area (Å²) < 4.78 is 7.75. The predicted molar refractivity (Wildman–Crippen MR) is 42.2 cm³/mol. The van der Waals surface area contributed by atoms with Crippen LogP contribution in [-0.2, 0) is 23.7 Å². The highest BCUT2D eigenvalue weighted by atomic mass is 32.2. The van der Waals surface area contributed by atoms with E-state index in [1.54, 1.807) is 5.41 Å². The quantitative estimate of drug-likeness (QED) is 0.230. The third-order valence-electron chi connectivity index (χ3n) is 0.413. The SMILES string of the molecule is C1=CSN=[S+][N-][SH+]C=1. The molecule has 2 nitrogen and oxygen atoms in total. The molecule has 0 amide bonds. The van der Waals surface area contributed by atoms with Crippen LogP contribution in [0, 0.1) is 0 Å². The van der Waals surface area contributed by atoms with Gasteiger partial charge in [-0.15, -0.1) is 0 Å². The van der Waals surface area contributed by atoms with Crippen LogP contribution in [0.2, 0.25) is 0 Å². The fourth-order valence-electron chi connectivity index (χ4n) is 0.195. The second-order valence-corrected chi connectivity index (χ2v) is 3.22. The van der Waals surface area contributed by atoms with Gasteiger partial charge in [0.1, 0.15) is 0 Å². The van der Waals surface area contributed by atoms with E-state index in [1.807, 2.05) is 5.41 Å². The minimum Gasteiger partial charge on any atom is -0.0960 e. The van der Waals surface area contributed by atoms with Crippen molar-refractivity contribution in [3.05, 3.63) is 20.7 Å². The molecule has 5 heteroatoms. The Hall–Kier alpha value is 0.200. The number of hydrogen-bond acceptors (Lipinski definition) is 2. The highest BCUT2D eigenvalue weighted by Crippen LogP contribution is 2.06. The van der Waals surface area contributed by atoms with Crippen molar-refractivity contribution in [3.63, 3.8) is 0 Å². The smallest absolute Gasteiger partial charge is 0.0960 e. The molecule has 0 aromatic heterocycles. The first kappa shape index (κ1) is 6.32. The van der Waals surface area contributed by atoms with Crippen molar-refractivity contribution < 1.29 is 0 Å². The molecule has 0 aromatic rings. The molecule has 0 saturated heterocycles. The molecule has 0 N–H and O–H groups in total. The van der Waals surface area contributed by atoms with E-state index < -0.39 is 0 Å². The number of hydrogen-bond donors (Lipinski definition) is 0. The first-order valence-corrected chi connectivity index (χ1v) is 4.30. The molecule has 8 heavy (non-hydrogen) atoms. The van der Waals surface area contributed by atoms with Crippen molar-refractivity contribution in [1.82, 2.24) is 0 Å². The first-order chi connectivity index (χ1) is 4.00. The van der Waals surface area contributed by atoms with Crippen LogP contribution < -0.4 is 0 Å². The average molecular weight is 163 g/mol. The fraction of sp³-hybridized carbons (Fsp3) is 0. The van der Waals surface area contributed by atoms with Gasteiger partial charge in [0.2, 0.25) is 0 Å². The molecule has 0 saturated carbocycles. The topological polar surface area (TPSA) is 26.5 Å². The standard InChI is InChI=1S/C3H3N2S3/c1-2-6-4-8-5-7-3-1/h2-3,6H/q+1. The Labute approximate surface area is 60.3 Å². The third-order valence-corrected chi connectivity index (χ3v) is 2.20. The van der Waals surface area contributed by atoms with Gasteiger partial charge in [0.15, 0.2) is 5.41 Å². The lowest BCUT2D eigenvalue weighted by atomic mass is 11.0. The van der Waals surface area contributed by atoms with Crippen molar-refractivity contribution in [1.29, 1.82) is 0 Å². The van der Waals surface area contributed by atoms with Crippen molar-refractivity contribution in [2.75, 3.05) is 0 Å². The van der Waals surface area contributed by atoms with Gasteiger partial charge in [-0.05, 0) is 11.9 Å². The van der Waals surface area contributed by atoms with E-state index in [4.69, 9.17) is 0 Å². The maximum Gasteiger partial charge on any atom is 0.296 e. The molecule has 0 fully saturated rings. The van der Waals surface area contributed by atoms with E-state index >= 15 is 0 Å². The maximum absolute atomic E-state index is 3.89. The Kier molecular flexibility index (Phi) is 3.25. The highest BCUT2D eigenvalue weighted by molar-refractivity contribution is 8.07. The molecule has 1 rings (SSSR count). The zero-order valence-electron chi connectivity index (χ0n) is 3.81. The Balaban J connectivity index is 2.51.